The van der Waals surface area contributed by atoms with Crippen molar-refractivity contribution in [2.75, 3.05) is 49.7 Å². The Kier molecular flexibility index (Phi) is 3.81. The second-order valence-corrected chi connectivity index (χ2v) is 7.19. The number of nitrogens with one attached hydrogen (secondary N) is 1. The summed E-state index contributed by atoms with van der Waals surface area (Å²) in [5.41, 5.74) is 11.2. The predicted octanol–water partition coefficient (Wildman–Crippen LogP) is 1.63. The molecule has 0 amide bonds. The fraction of sp³-hybridized carbons (Fsp3) is 0.421. The van der Waals surface area contributed by atoms with E-state index in [4.69, 9.17) is 5.73 Å². The second-order valence-electron chi connectivity index (χ2n) is 7.19. The minimum Gasteiger partial charge on any atom is -0.397 e. The summed E-state index contributed by atoms with van der Waals surface area (Å²) in [6, 6.07) is 8.53. The van der Waals surface area contributed by atoms with Crippen LogP contribution in [0.2, 0.25) is 0 Å². The Morgan fingerprint density at radius 2 is 2.24 bits per heavy atom. The SMILES string of the molecule is CNc1ccncc1-c1ccc(N)c(N2C[C@]3(CO)C[C@H]2CN3C)c1. The monoisotopic (exact) mass is 339 g/mol. The van der Waals surface area contributed by atoms with Gasteiger partial charge in [-0.1, -0.05) is 6.07 Å². The third-order valence-electron chi connectivity index (χ3n) is 5.85. The lowest BCUT2D eigenvalue weighted by Crippen LogP contribution is -2.54. The number of pyridine rings is 1. The first-order valence-electron chi connectivity index (χ1n) is 8.68. The van der Waals surface area contributed by atoms with Crippen LogP contribution in [0.25, 0.3) is 11.1 Å². The van der Waals surface area contributed by atoms with Crippen molar-refractivity contribution in [3.8, 4) is 11.1 Å². The quantitative estimate of drug-likeness (QED) is 0.735. The maximum Gasteiger partial charge on any atom is 0.0634 e. The summed E-state index contributed by atoms with van der Waals surface area (Å²) < 4.78 is 0. The lowest BCUT2D eigenvalue weighted by molar-refractivity contribution is 0.0899. The van der Waals surface area contributed by atoms with Crippen LogP contribution in [0.3, 0.4) is 0 Å². The molecule has 4 rings (SSSR count). The zero-order valence-corrected chi connectivity index (χ0v) is 14.7. The number of nitrogen functional groups attached to an aromatic ring is 1. The van der Waals surface area contributed by atoms with E-state index in [0.717, 1.165) is 47.7 Å². The van der Waals surface area contributed by atoms with E-state index in [9.17, 15) is 5.11 Å². The Morgan fingerprint density at radius 3 is 2.96 bits per heavy atom. The van der Waals surface area contributed by atoms with Crippen molar-refractivity contribution in [1.29, 1.82) is 0 Å². The van der Waals surface area contributed by atoms with Gasteiger partial charge in [-0.3, -0.25) is 9.88 Å². The molecule has 2 fully saturated rings. The van der Waals surface area contributed by atoms with Crippen LogP contribution in [0.1, 0.15) is 6.42 Å². The van der Waals surface area contributed by atoms with E-state index < -0.39 is 0 Å². The number of likely N-dealkylation sites (N-methyl/N-ethyl adjacent to an activating group) is 1. The van der Waals surface area contributed by atoms with Crippen LogP contribution in [-0.2, 0) is 0 Å². The average molecular weight is 339 g/mol. The maximum absolute atomic E-state index is 9.93. The summed E-state index contributed by atoms with van der Waals surface area (Å²) >= 11 is 0. The first-order chi connectivity index (χ1) is 12.1. The summed E-state index contributed by atoms with van der Waals surface area (Å²) in [5, 5.41) is 13.2. The summed E-state index contributed by atoms with van der Waals surface area (Å²) in [6.07, 6.45) is 4.65. The first kappa shape index (κ1) is 16.2. The molecule has 132 valence electrons. The van der Waals surface area contributed by atoms with Gasteiger partial charge in [-0.05, 0) is 37.2 Å². The molecule has 2 bridgehead atoms. The number of rotatable bonds is 4. The number of aliphatic hydroxyl groups excluding tert-OH is 1. The Labute approximate surface area is 148 Å². The number of hydrogen-bond acceptors (Lipinski definition) is 6. The van der Waals surface area contributed by atoms with Crippen molar-refractivity contribution in [2.24, 2.45) is 0 Å². The first-order valence-corrected chi connectivity index (χ1v) is 8.68. The average Bonchev–Trinajstić information content (AvgIpc) is 3.17. The molecule has 2 atom stereocenters. The van der Waals surface area contributed by atoms with E-state index in [1.54, 1.807) is 6.20 Å². The smallest absolute Gasteiger partial charge is 0.0634 e. The molecular weight excluding hydrogens is 314 g/mol. The normalized spacial score (nSPS) is 25.6. The number of aliphatic hydroxyl groups is 1. The van der Waals surface area contributed by atoms with Crippen molar-refractivity contribution < 1.29 is 5.11 Å². The number of nitrogens with two attached hydrogens (primary N) is 1. The lowest BCUT2D eigenvalue weighted by atomic mass is 10.0. The fourth-order valence-corrected chi connectivity index (χ4v) is 4.33. The van der Waals surface area contributed by atoms with Gasteiger partial charge in [0, 0.05) is 49.8 Å². The summed E-state index contributed by atoms with van der Waals surface area (Å²) in [6.45, 7) is 1.95. The number of likely N-dealkylation sites (tertiary alicyclic amines) is 1. The van der Waals surface area contributed by atoms with Gasteiger partial charge in [-0.25, -0.2) is 0 Å². The summed E-state index contributed by atoms with van der Waals surface area (Å²) in [7, 11) is 4.01. The molecule has 2 aliphatic heterocycles. The molecule has 2 saturated heterocycles. The molecule has 0 aliphatic carbocycles. The highest BCUT2D eigenvalue weighted by molar-refractivity contribution is 5.83. The van der Waals surface area contributed by atoms with E-state index in [2.05, 4.69) is 33.2 Å². The van der Waals surface area contributed by atoms with Gasteiger partial charge in [-0.15, -0.1) is 0 Å². The zero-order chi connectivity index (χ0) is 17.6. The van der Waals surface area contributed by atoms with Crippen molar-refractivity contribution in [3.05, 3.63) is 36.7 Å². The maximum atomic E-state index is 9.93. The topological polar surface area (TPSA) is 77.6 Å². The van der Waals surface area contributed by atoms with Crippen LogP contribution in [0.4, 0.5) is 17.1 Å². The van der Waals surface area contributed by atoms with Crippen LogP contribution in [0.5, 0.6) is 0 Å². The van der Waals surface area contributed by atoms with Gasteiger partial charge in [0.15, 0.2) is 0 Å². The van der Waals surface area contributed by atoms with Gasteiger partial charge in [0.05, 0.1) is 23.5 Å². The Hall–Kier alpha value is -2.31. The van der Waals surface area contributed by atoms with Crippen molar-refractivity contribution >= 4 is 17.1 Å². The molecule has 0 spiro atoms. The van der Waals surface area contributed by atoms with Crippen LogP contribution in [-0.4, -0.2) is 60.4 Å². The van der Waals surface area contributed by atoms with E-state index in [-0.39, 0.29) is 12.1 Å². The molecule has 0 saturated carbocycles. The molecule has 3 heterocycles. The molecule has 4 N–H and O–H groups in total. The van der Waals surface area contributed by atoms with Gasteiger partial charge in [0.25, 0.3) is 0 Å². The highest BCUT2D eigenvalue weighted by Crippen LogP contribution is 2.44. The molecular formula is C19H25N5O. The predicted molar refractivity (Wildman–Crippen MR) is 102 cm³/mol. The zero-order valence-electron chi connectivity index (χ0n) is 14.7. The molecule has 6 nitrogen and oxygen atoms in total. The minimum atomic E-state index is -0.141. The minimum absolute atomic E-state index is 0.141. The standard InChI is InChI=1S/C19H25N5O/c1-21-17-5-6-22-9-15(17)13-3-4-16(20)18(7-13)24-11-19(12-25)8-14(24)10-23(19)2/h3-7,9,14,25H,8,10-12,20H2,1-2H3,(H,21,22)/t14-,19-/m0/s1. The number of nitrogens with zero attached hydrogens (tertiary/aromatic N) is 3. The second kappa shape index (κ2) is 5.89. The Balaban J connectivity index is 1.73. The number of aromatic nitrogens is 1. The van der Waals surface area contributed by atoms with Crippen molar-refractivity contribution in [3.63, 3.8) is 0 Å². The molecule has 1 aromatic heterocycles. The molecule has 2 aromatic rings. The van der Waals surface area contributed by atoms with Crippen molar-refractivity contribution in [2.45, 2.75) is 18.0 Å². The summed E-state index contributed by atoms with van der Waals surface area (Å²) in [5.74, 6) is 0. The van der Waals surface area contributed by atoms with E-state index >= 15 is 0 Å². The van der Waals surface area contributed by atoms with E-state index in [1.165, 1.54) is 0 Å². The number of fused-ring (bicyclic) bond motifs is 2. The highest BCUT2D eigenvalue weighted by Gasteiger charge is 2.53. The highest BCUT2D eigenvalue weighted by atomic mass is 16.3. The van der Waals surface area contributed by atoms with Crippen molar-refractivity contribution in [1.82, 2.24) is 9.88 Å². The molecule has 0 unspecified atom stereocenters. The van der Waals surface area contributed by atoms with Gasteiger partial charge >= 0.3 is 0 Å². The number of anilines is 3. The summed E-state index contributed by atoms with van der Waals surface area (Å²) in [4.78, 5) is 8.92. The van der Waals surface area contributed by atoms with Crippen LogP contribution in [0.15, 0.2) is 36.7 Å². The third-order valence-corrected chi connectivity index (χ3v) is 5.85. The van der Waals surface area contributed by atoms with E-state index in [0.29, 0.717) is 6.04 Å². The fourth-order valence-electron chi connectivity index (χ4n) is 4.33. The van der Waals surface area contributed by atoms with Gasteiger partial charge in [0.2, 0.25) is 0 Å². The van der Waals surface area contributed by atoms with Crippen LogP contribution < -0.4 is 16.0 Å². The Morgan fingerprint density at radius 1 is 1.40 bits per heavy atom. The van der Waals surface area contributed by atoms with Gasteiger partial charge < -0.3 is 21.1 Å². The number of piperazine rings is 1. The Bertz CT molecular complexity index is 795. The molecule has 6 heteroatoms. The number of benzene rings is 1. The molecule has 1 aromatic carbocycles. The molecule has 0 radical (unpaired) electrons. The van der Waals surface area contributed by atoms with Gasteiger partial charge in [-0.2, -0.15) is 0 Å². The lowest BCUT2D eigenvalue weighted by Gasteiger charge is -2.40. The molecule has 25 heavy (non-hydrogen) atoms. The van der Waals surface area contributed by atoms with E-state index in [1.807, 2.05) is 31.4 Å². The van der Waals surface area contributed by atoms with Crippen LogP contribution in [0, 0.1) is 0 Å². The third kappa shape index (κ3) is 2.44. The van der Waals surface area contributed by atoms with Gasteiger partial charge in [0.1, 0.15) is 0 Å². The molecule has 2 aliphatic rings. The number of hydrogen-bond donors (Lipinski definition) is 3. The largest absolute Gasteiger partial charge is 0.397 e. The van der Waals surface area contributed by atoms with Crippen LogP contribution >= 0.6 is 0 Å².